The molecule has 2 aromatic heterocycles. The Balaban J connectivity index is 1.61. The van der Waals surface area contributed by atoms with Gasteiger partial charge in [0.25, 0.3) is 5.91 Å². The van der Waals surface area contributed by atoms with Gasteiger partial charge in [0, 0.05) is 17.6 Å². The van der Waals surface area contributed by atoms with Crippen molar-refractivity contribution in [2.45, 2.75) is 44.6 Å². The van der Waals surface area contributed by atoms with Crippen LogP contribution in [0.2, 0.25) is 0 Å². The van der Waals surface area contributed by atoms with Crippen LogP contribution in [0.4, 0.5) is 0 Å². The smallest absolute Gasteiger partial charge is 0.264 e. The van der Waals surface area contributed by atoms with Crippen LogP contribution in [-0.2, 0) is 12.8 Å². The number of aromatic amines is 1. The number of aryl methyl sites for hydroxylation is 2. The second-order valence-electron chi connectivity index (χ2n) is 5.93. The molecule has 4 rings (SSSR count). The number of H-pyrrole nitrogens is 1. The van der Waals surface area contributed by atoms with Crippen LogP contribution < -0.4 is 0 Å². The summed E-state index contributed by atoms with van der Waals surface area (Å²) in [5, 5.41) is 7.09. The van der Waals surface area contributed by atoms with Crippen molar-refractivity contribution in [3.8, 4) is 0 Å². The molecule has 0 radical (unpaired) electrons. The second kappa shape index (κ2) is 5.30. The molecule has 5 heteroatoms. The molecule has 1 amide bonds. The van der Waals surface area contributed by atoms with Crippen molar-refractivity contribution in [1.82, 2.24) is 15.1 Å². The number of carbonyl (C=O) groups excluding carboxylic acids is 1. The van der Waals surface area contributed by atoms with Gasteiger partial charge >= 0.3 is 0 Å². The molecule has 0 saturated carbocycles. The molecule has 1 aliphatic heterocycles. The van der Waals surface area contributed by atoms with Gasteiger partial charge in [-0.05, 0) is 56.2 Å². The number of carbonyl (C=O) groups is 1. The quantitative estimate of drug-likeness (QED) is 0.925. The van der Waals surface area contributed by atoms with Crippen molar-refractivity contribution in [2.75, 3.05) is 6.54 Å². The lowest BCUT2D eigenvalue weighted by molar-refractivity contribution is 0.0611. The molecule has 0 unspecified atom stereocenters. The molecule has 1 saturated heterocycles. The molecule has 1 fully saturated rings. The number of fused-ring (bicyclic) bond motifs is 1. The summed E-state index contributed by atoms with van der Waals surface area (Å²) in [6.07, 6.45) is 8.61. The molecule has 0 bridgehead atoms. The number of likely N-dealkylation sites (tertiary alicyclic amines) is 1. The fraction of sp³-hybridized carbons (Fsp3) is 0.500. The zero-order chi connectivity index (χ0) is 14.2. The molecule has 2 aromatic rings. The third-order valence-corrected chi connectivity index (χ3v) is 5.83. The summed E-state index contributed by atoms with van der Waals surface area (Å²) >= 11 is 1.71. The lowest BCUT2D eigenvalue weighted by atomic mass is 9.99. The molecule has 0 spiro atoms. The topological polar surface area (TPSA) is 49.0 Å². The Kier molecular flexibility index (Phi) is 3.30. The lowest BCUT2D eigenvalue weighted by Crippen LogP contribution is -2.38. The summed E-state index contributed by atoms with van der Waals surface area (Å²) < 4.78 is 0. The van der Waals surface area contributed by atoms with Gasteiger partial charge in [-0.1, -0.05) is 0 Å². The Hall–Kier alpha value is -1.62. The molecule has 110 valence electrons. The summed E-state index contributed by atoms with van der Waals surface area (Å²) in [4.78, 5) is 17.3. The minimum absolute atomic E-state index is 0.158. The van der Waals surface area contributed by atoms with Crippen LogP contribution in [-0.4, -0.2) is 27.5 Å². The SMILES string of the molecule is O=C(c1cc2c(s1)CCC2)N1CCCC[C@@H]1c1ccn[nH]1. The predicted molar refractivity (Wildman–Crippen MR) is 82.6 cm³/mol. The van der Waals surface area contributed by atoms with Crippen molar-refractivity contribution in [3.05, 3.63) is 39.3 Å². The van der Waals surface area contributed by atoms with E-state index in [1.165, 1.54) is 23.3 Å². The number of aromatic nitrogens is 2. The van der Waals surface area contributed by atoms with Crippen LogP contribution >= 0.6 is 11.3 Å². The number of hydrogen-bond donors (Lipinski definition) is 1. The standard InChI is InChI=1S/C16H19N3OS/c20-16(15-10-11-4-3-6-14(11)21-15)19-9-2-1-5-13(19)12-7-8-17-18-12/h7-8,10,13H,1-6,9H2,(H,17,18)/t13-/m1/s1. The summed E-state index contributed by atoms with van der Waals surface area (Å²) in [5.41, 5.74) is 2.46. The summed E-state index contributed by atoms with van der Waals surface area (Å²) in [7, 11) is 0. The minimum Gasteiger partial charge on any atom is -0.329 e. The van der Waals surface area contributed by atoms with Crippen molar-refractivity contribution in [3.63, 3.8) is 0 Å². The number of hydrogen-bond acceptors (Lipinski definition) is 3. The van der Waals surface area contributed by atoms with Crippen molar-refractivity contribution in [1.29, 1.82) is 0 Å². The Morgan fingerprint density at radius 2 is 2.29 bits per heavy atom. The van der Waals surface area contributed by atoms with Crippen molar-refractivity contribution >= 4 is 17.2 Å². The Morgan fingerprint density at radius 3 is 3.10 bits per heavy atom. The van der Waals surface area contributed by atoms with Gasteiger partial charge in [0.2, 0.25) is 0 Å². The third kappa shape index (κ3) is 2.29. The number of nitrogens with one attached hydrogen (secondary N) is 1. The van der Waals surface area contributed by atoms with E-state index in [0.29, 0.717) is 0 Å². The Morgan fingerprint density at radius 1 is 1.33 bits per heavy atom. The lowest BCUT2D eigenvalue weighted by Gasteiger charge is -2.34. The fourth-order valence-corrected chi connectivity index (χ4v) is 4.74. The molecule has 0 aromatic carbocycles. The summed E-state index contributed by atoms with van der Waals surface area (Å²) in [6, 6.07) is 4.28. The highest BCUT2D eigenvalue weighted by Gasteiger charge is 2.31. The van der Waals surface area contributed by atoms with Crippen LogP contribution in [0, 0.1) is 0 Å². The van der Waals surface area contributed by atoms with Crippen LogP contribution in [0.3, 0.4) is 0 Å². The summed E-state index contributed by atoms with van der Waals surface area (Å²) in [6.45, 7) is 0.852. The van der Waals surface area contributed by atoms with E-state index in [4.69, 9.17) is 0 Å². The first kappa shape index (κ1) is 13.1. The van der Waals surface area contributed by atoms with E-state index in [-0.39, 0.29) is 11.9 Å². The molecular formula is C16H19N3OS. The van der Waals surface area contributed by atoms with Gasteiger partial charge in [-0.25, -0.2) is 0 Å². The first-order chi connectivity index (χ1) is 10.3. The Bertz CT molecular complexity index is 625. The maximum Gasteiger partial charge on any atom is 0.264 e. The average molecular weight is 301 g/mol. The van der Waals surface area contributed by atoms with Gasteiger partial charge < -0.3 is 4.90 Å². The van der Waals surface area contributed by atoms with Gasteiger partial charge in [0.15, 0.2) is 0 Å². The van der Waals surface area contributed by atoms with Crippen molar-refractivity contribution in [2.24, 2.45) is 0 Å². The first-order valence-electron chi connectivity index (χ1n) is 7.75. The van der Waals surface area contributed by atoms with Gasteiger partial charge in [-0.2, -0.15) is 5.10 Å². The molecule has 1 atom stereocenters. The number of piperidine rings is 1. The zero-order valence-electron chi connectivity index (χ0n) is 12.0. The van der Waals surface area contributed by atoms with Gasteiger partial charge in [-0.15, -0.1) is 11.3 Å². The van der Waals surface area contributed by atoms with E-state index >= 15 is 0 Å². The molecule has 1 N–H and O–H groups in total. The molecule has 1 aliphatic carbocycles. The molecule has 21 heavy (non-hydrogen) atoms. The number of rotatable bonds is 2. The average Bonchev–Trinajstić information content (AvgIpc) is 3.22. The molecule has 2 aliphatic rings. The van der Waals surface area contributed by atoms with E-state index in [2.05, 4.69) is 16.3 Å². The van der Waals surface area contributed by atoms with E-state index in [9.17, 15) is 4.79 Å². The monoisotopic (exact) mass is 301 g/mol. The largest absolute Gasteiger partial charge is 0.329 e. The van der Waals surface area contributed by atoms with Crippen LogP contribution in [0.25, 0.3) is 0 Å². The number of nitrogens with zero attached hydrogens (tertiary/aromatic N) is 2. The highest BCUT2D eigenvalue weighted by Crippen LogP contribution is 2.35. The second-order valence-corrected chi connectivity index (χ2v) is 7.07. The zero-order valence-corrected chi connectivity index (χ0v) is 12.8. The van der Waals surface area contributed by atoms with Crippen LogP contribution in [0.15, 0.2) is 18.3 Å². The highest BCUT2D eigenvalue weighted by molar-refractivity contribution is 7.14. The third-order valence-electron chi connectivity index (χ3n) is 4.60. The number of thiophene rings is 1. The van der Waals surface area contributed by atoms with Crippen LogP contribution in [0.5, 0.6) is 0 Å². The maximum absolute atomic E-state index is 12.9. The fourth-order valence-electron chi connectivity index (χ4n) is 3.53. The number of amides is 1. The maximum atomic E-state index is 12.9. The molecule has 3 heterocycles. The highest BCUT2D eigenvalue weighted by atomic mass is 32.1. The van der Waals surface area contributed by atoms with E-state index in [1.54, 1.807) is 17.5 Å². The van der Waals surface area contributed by atoms with Crippen molar-refractivity contribution < 1.29 is 4.79 Å². The first-order valence-corrected chi connectivity index (χ1v) is 8.56. The molecule has 4 nitrogen and oxygen atoms in total. The van der Waals surface area contributed by atoms with E-state index in [1.807, 2.05) is 11.0 Å². The van der Waals surface area contributed by atoms with E-state index in [0.717, 1.165) is 42.8 Å². The van der Waals surface area contributed by atoms with Gasteiger partial charge in [0.1, 0.15) is 0 Å². The predicted octanol–water partition coefficient (Wildman–Crippen LogP) is 3.33. The summed E-state index contributed by atoms with van der Waals surface area (Å²) in [5.74, 6) is 0.202. The van der Waals surface area contributed by atoms with Crippen LogP contribution in [0.1, 0.15) is 57.5 Å². The van der Waals surface area contributed by atoms with Gasteiger partial charge in [-0.3, -0.25) is 9.89 Å². The normalized spacial score (nSPS) is 21.5. The van der Waals surface area contributed by atoms with E-state index < -0.39 is 0 Å². The van der Waals surface area contributed by atoms with Gasteiger partial charge in [0.05, 0.1) is 16.6 Å². The molecular weight excluding hydrogens is 282 g/mol. The minimum atomic E-state index is 0.158. The Labute approximate surface area is 128 Å².